The van der Waals surface area contributed by atoms with Gasteiger partial charge >= 0.3 is 0 Å². The average Bonchev–Trinajstić information content (AvgIpc) is 3.01. The van der Waals surface area contributed by atoms with E-state index in [1.807, 2.05) is 42.5 Å². The van der Waals surface area contributed by atoms with Gasteiger partial charge in [-0.2, -0.15) is 0 Å². The molecule has 0 saturated carbocycles. The SMILES string of the molecule is CCCCCCCCOc1ccccc1C(=O)Nc1ccc(C(=O)CCC[N+](CC)(CC)CCCCC)cc1.CO. The maximum atomic E-state index is 13.0. The van der Waals surface area contributed by atoms with Gasteiger partial charge in [0, 0.05) is 31.2 Å². The van der Waals surface area contributed by atoms with Crippen LogP contribution in [0.1, 0.15) is 119 Å². The van der Waals surface area contributed by atoms with Crippen molar-refractivity contribution in [2.75, 3.05) is 45.2 Å². The number of hydrogen-bond acceptors (Lipinski definition) is 4. The molecule has 0 fully saturated rings. The lowest BCUT2D eigenvalue weighted by atomic mass is 10.0. The number of Topliss-reactive ketones (excluding diaryl/α,β-unsaturated/α-hetero) is 1. The molecule has 2 aromatic rings. The second kappa shape index (κ2) is 22.0. The molecule has 0 aliphatic heterocycles. The van der Waals surface area contributed by atoms with Gasteiger partial charge in [-0.1, -0.05) is 64.5 Å². The van der Waals surface area contributed by atoms with Crippen molar-refractivity contribution in [1.29, 1.82) is 0 Å². The zero-order valence-electron chi connectivity index (χ0n) is 26.6. The molecule has 0 aromatic heterocycles. The van der Waals surface area contributed by atoms with E-state index in [1.54, 1.807) is 6.07 Å². The molecular formula is C35H57N2O4+. The number of unbranched alkanes of at least 4 members (excludes halogenated alkanes) is 7. The minimum absolute atomic E-state index is 0.167. The molecule has 2 N–H and O–H groups in total. The first-order valence-electron chi connectivity index (χ1n) is 15.9. The number of benzene rings is 2. The van der Waals surface area contributed by atoms with Crippen LogP contribution in [0.4, 0.5) is 5.69 Å². The van der Waals surface area contributed by atoms with Crippen molar-refractivity contribution in [3.63, 3.8) is 0 Å². The number of aliphatic hydroxyl groups excluding tert-OH is 1. The van der Waals surface area contributed by atoms with E-state index in [9.17, 15) is 9.59 Å². The standard InChI is InChI=1S/C34H52N2O3.CH4O/c1-5-9-11-12-13-17-28-39-33-21-15-14-19-31(33)34(38)35-30-24-22-29(23-25-30)32(37)20-18-27-36(7-3,8-4)26-16-10-6-2;1-2/h14-15,19,21-25H,5-13,16-18,20,26-28H2,1-4H3;2H,1H3/p+1. The summed E-state index contributed by atoms with van der Waals surface area (Å²) in [5, 5.41) is 9.96. The van der Waals surface area contributed by atoms with Crippen LogP contribution in [-0.2, 0) is 0 Å². The van der Waals surface area contributed by atoms with Crippen LogP contribution in [0.15, 0.2) is 48.5 Å². The Morgan fingerprint density at radius 3 is 1.98 bits per heavy atom. The predicted molar refractivity (Wildman–Crippen MR) is 172 cm³/mol. The summed E-state index contributed by atoms with van der Waals surface area (Å²) in [6, 6.07) is 14.6. The highest BCUT2D eigenvalue weighted by Crippen LogP contribution is 2.21. The fraction of sp³-hybridized carbons (Fsp3) is 0.600. The molecule has 230 valence electrons. The average molecular weight is 570 g/mol. The van der Waals surface area contributed by atoms with Crippen LogP contribution in [0.3, 0.4) is 0 Å². The predicted octanol–water partition coefficient (Wildman–Crippen LogP) is 8.30. The zero-order valence-corrected chi connectivity index (χ0v) is 26.6. The third-order valence-electron chi connectivity index (χ3n) is 7.97. The number of para-hydroxylation sites is 1. The van der Waals surface area contributed by atoms with Crippen molar-refractivity contribution in [3.8, 4) is 5.75 Å². The maximum Gasteiger partial charge on any atom is 0.259 e. The number of amides is 1. The van der Waals surface area contributed by atoms with Crippen molar-refractivity contribution in [2.24, 2.45) is 0 Å². The summed E-state index contributed by atoms with van der Waals surface area (Å²) in [5.74, 6) is 0.572. The van der Waals surface area contributed by atoms with Gasteiger partial charge in [0.15, 0.2) is 5.78 Å². The van der Waals surface area contributed by atoms with Gasteiger partial charge in [0.2, 0.25) is 0 Å². The van der Waals surface area contributed by atoms with Gasteiger partial charge in [0.05, 0.1) is 38.3 Å². The highest BCUT2D eigenvalue weighted by Gasteiger charge is 2.22. The second-order valence-electron chi connectivity index (χ2n) is 10.8. The molecule has 0 aliphatic rings. The highest BCUT2D eigenvalue weighted by molar-refractivity contribution is 6.06. The summed E-state index contributed by atoms with van der Waals surface area (Å²) in [5.41, 5.74) is 1.90. The van der Waals surface area contributed by atoms with Crippen molar-refractivity contribution < 1.29 is 23.9 Å². The largest absolute Gasteiger partial charge is 0.493 e. The Kier molecular flexibility index (Phi) is 19.5. The summed E-state index contributed by atoms with van der Waals surface area (Å²) in [4.78, 5) is 25.8. The lowest BCUT2D eigenvalue weighted by Gasteiger charge is -2.37. The summed E-state index contributed by atoms with van der Waals surface area (Å²) < 4.78 is 7.05. The van der Waals surface area contributed by atoms with Crippen LogP contribution in [0.5, 0.6) is 5.75 Å². The van der Waals surface area contributed by atoms with E-state index in [0.717, 1.165) is 50.5 Å². The number of rotatable bonds is 21. The number of quaternary nitrogens is 1. The number of hydrogen-bond donors (Lipinski definition) is 2. The van der Waals surface area contributed by atoms with E-state index >= 15 is 0 Å². The quantitative estimate of drug-likeness (QED) is 0.0901. The van der Waals surface area contributed by atoms with E-state index in [4.69, 9.17) is 9.84 Å². The molecule has 0 saturated heterocycles. The zero-order chi connectivity index (χ0) is 30.3. The third-order valence-corrected chi connectivity index (χ3v) is 7.97. The van der Waals surface area contributed by atoms with Gasteiger partial charge in [0.25, 0.3) is 5.91 Å². The number of nitrogens with one attached hydrogen (secondary N) is 1. The molecule has 0 radical (unpaired) electrons. The fourth-order valence-corrected chi connectivity index (χ4v) is 5.17. The Labute approximate surface area is 250 Å². The highest BCUT2D eigenvalue weighted by atomic mass is 16.5. The number of carbonyl (C=O) groups is 2. The molecule has 2 aromatic carbocycles. The maximum absolute atomic E-state index is 13.0. The first kappa shape index (κ1) is 36.3. The molecule has 0 unspecified atom stereocenters. The Balaban J connectivity index is 0.00000411. The normalized spacial score (nSPS) is 11.0. The molecule has 6 nitrogen and oxygen atoms in total. The molecule has 2 rings (SSSR count). The second-order valence-corrected chi connectivity index (χ2v) is 10.8. The third kappa shape index (κ3) is 13.7. The van der Waals surface area contributed by atoms with Crippen LogP contribution in [0, 0.1) is 0 Å². The van der Waals surface area contributed by atoms with Gasteiger partial charge in [-0.05, 0) is 69.5 Å². The molecule has 0 heterocycles. The number of anilines is 1. The number of aliphatic hydroxyl groups is 1. The van der Waals surface area contributed by atoms with Crippen LogP contribution in [0.2, 0.25) is 0 Å². The van der Waals surface area contributed by atoms with Crippen LogP contribution >= 0.6 is 0 Å². The van der Waals surface area contributed by atoms with Crippen molar-refractivity contribution in [1.82, 2.24) is 0 Å². The number of carbonyl (C=O) groups excluding carboxylic acids is 2. The van der Waals surface area contributed by atoms with E-state index in [-0.39, 0.29) is 11.7 Å². The van der Waals surface area contributed by atoms with Crippen molar-refractivity contribution >= 4 is 17.4 Å². The molecule has 0 aliphatic carbocycles. The number of nitrogens with zero attached hydrogens (tertiary/aromatic N) is 1. The number of ether oxygens (including phenoxy) is 1. The lowest BCUT2D eigenvalue weighted by molar-refractivity contribution is -0.925. The molecule has 41 heavy (non-hydrogen) atoms. The smallest absolute Gasteiger partial charge is 0.259 e. The Bertz CT molecular complexity index is 970. The van der Waals surface area contributed by atoms with Crippen molar-refractivity contribution in [3.05, 3.63) is 59.7 Å². The minimum atomic E-state index is -0.205. The topological polar surface area (TPSA) is 75.6 Å². The van der Waals surface area contributed by atoms with Crippen molar-refractivity contribution in [2.45, 2.75) is 98.3 Å². The van der Waals surface area contributed by atoms with E-state index in [2.05, 4.69) is 33.0 Å². The number of ketones is 1. The van der Waals surface area contributed by atoms with Gasteiger partial charge in [-0.15, -0.1) is 0 Å². The summed E-state index contributed by atoms with van der Waals surface area (Å²) in [6.07, 6.45) is 12.4. The van der Waals surface area contributed by atoms with Crippen LogP contribution in [-0.4, -0.2) is 61.2 Å². The first-order chi connectivity index (χ1) is 20.0. The summed E-state index contributed by atoms with van der Waals surface area (Å²) in [7, 11) is 1.00. The fourth-order valence-electron chi connectivity index (χ4n) is 5.17. The van der Waals surface area contributed by atoms with Gasteiger partial charge in [-0.25, -0.2) is 0 Å². The Morgan fingerprint density at radius 1 is 0.732 bits per heavy atom. The first-order valence-corrected chi connectivity index (χ1v) is 15.9. The van der Waals surface area contributed by atoms with E-state index < -0.39 is 0 Å². The molecule has 0 spiro atoms. The molecular weight excluding hydrogens is 512 g/mol. The summed E-state index contributed by atoms with van der Waals surface area (Å²) in [6.45, 7) is 14.1. The van der Waals surface area contributed by atoms with Crippen LogP contribution in [0.25, 0.3) is 0 Å². The van der Waals surface area contributed by atoms with Gasteiger partial charge < -0.3 is 19.6 Å². The monoisotopic (exact) mass is 569 g/mol. The molecule has 0 bridgehead atoms. The molecule has 6 heteroatoms. The van der Waals surface area contributed by atoms with Gasteiger partial charge in [-0.3, -0.25) is 9.59 Å². The Morgan fingerprint density at radius 2 is 1.32 bits per heavy atom. The minimum Gasteiger partial charge on any atom is -0.493 e. The van der Waals surface area contributed by atoms with E-state index in [1.165, 1.54) is 51.5 Å². The molecule has 1 amide bonds. The van der Waals surface area contributed by atoms with Gasteiger partial charge in [0.1, 0.15) is 5.75 Å². The molecule has 0 atom stereocenters. The Hall–Kier alpha value is -2.70. The van der Waals surface area contributed by atoms with E-state index in [0.29, 0.717) is 35.6 Å². The van der Waals surface area contributed by atoms with Crippen LogP contribution < -0.4 is 10.1 Å². The lowest BCUT2D eigenvalue weighted by Crippen LogP contribution is -2.49. The summed E-state index contributed by atoms with van der Waals surface area (Å²) >= 11 is 0.